The van der Waals surface area contributed by atoms with Crippen LogP contribution in [0.4, 0.5) is 0 Å². The van der Waals surface area contributed by atoms with Gasteiger partial charge >= 0.3 is 0 Å². The van der Waals surface area contributed by atoms with Gasteiger partial charge < -0.3 is 0 Å². The van der Waals surface area contributed by atoms with Gasteiger partial charge in [0.15, 0.2) is 0 Å². The molecule has 0 saturated carbocycles. The van der Waals surface area contributed by atoms with E-state index in [9.17, 15) is 4.91 Å². The zero-order valence-electron chi connectivity index (χ0n) is 5.42. The van der Waals surface area contributed by atoms with Crippen molar-refractivity contribution in [3.8, 4) is 0 Å². The van der Waals surface area contributed by atoms with Crippen LogP contribution in [0, 0.1) is 4.91 Å². The van der Waals surface area contributed by atoms with E-state index in [1.807, 2.05) is 0 Å². The Morgan fingerprint density at radius 3 is 2.00 bits per heavy atom. The fraction of sp³-hybridized carbons (Fsp3) is 0.429. The third-order valence-corrected chi connectivity index (χ3v) is 1.03. The standard InChI is InChI=1S/C7H11NO/c1-3-5-7(8-9)6-4-2/h3-4,7H,1-2,5-6H2. The molecule has 50 valence electrons. The van der Waals surface area contributed by atoms with Crippen molar-refractivity contribution in [1.82, 2.24) is 0 Å². The molecule has 0 N–H and O–H groups in total. The molecular weight excluding hydrogens is 114 g/mol. The Labute approximate surface area is 55.2 Å². The van der Waals surface area contributed by atoms with Gasteiger partial charge in [0.2, 0.25) is 0 Å². The molecule has 0 aromatic carbocycles. The van der Waals surface area contributed by atoms with E-state index in [0.29, 0.717) is 12.8 Å². The first-order chi connectivity index (χ1) is 4.35. The zero-order valence-corrected chi connectivity index (χ0v) is 5.42. The molecule has 0 aliphatic heterocycles. The van der Waals surface area contributed by atoms with Gasteiger partial charge in [0.1, 0.15) is 0 Å². The van der Waals surface area contributed by atoms with Crippen LogP contribution in [-0.2, 0) is 0 Å². The zero-order chi connectivity index (χ0) is 7.11. The third kappa shape index (κ3) is 3.64. The topological polar surface area (TPSA) is 29.4 Å². The average Bonchev–Trinajstić information content (AvgIpc) is 1.88. The van der Waals surface area contributed by atoms with Crippen LogP contribution in [0.5, 0.6) is 0 Å². The van der Waals surface area contributed by atoms with E-state index in [4.69, 9.17) is 0 Å². The van der Waals surface area contributed by atoms with Crippen LogP contribution in [-0.4, -0.2) is 6.04 Å². The molecule has 0 heterocycles. The first-order valence-corrected chi connectivity index (χ1v) is 2.89. The maximum atomic E-state index is 9.94. The predicted molar refractivity (Wildman–Crippen MR) is 39.2 cm³/mol. The van der Waals surface area contributed by atoms with Crippen LogP contribution in [0.25, 0.3) is 0 Å². The van der Waals surface area contributed by atoms with Crippen molar-refractivity contribution < 1.29 is 0 Å². The summed E-state index contributed by atoms with van der Waals surface area (Å²) in [5.41, 5.74) is 0. The quantitative estimate of drug-likeness (QED) is 0.409. The molecule has 0 rings (SSSR count). The number of nitrogens with zero attached hydrogens (tertiary/aromatic N) is 1. The monoisotopic (exact) mass is 125 g/mol. The summed E-state index contributed by atoms with van der Waals surface area (Å²) < 4.78 is 0. The maximum Gasteiger partial charge on any atom is 0.0988 e. The van der Waals surface area contributed by atoms with E-state index >= 15 is 0 Å². The van der Waals surface area contributed by atoms with Gasteiger partial charge in [-0.1, -0.05) is 17.3 Å². The lowest BCUT2D eigenvalue weighted by Gasteiger charge is -1.98. The summed E-state index contributed by atoms with van der Waals surface area (Å²) in [6, 6.07) is -0.153. The highest BCUT2D eigenvalue weighted by atomic mass is 16.3. The molecule has 0 radical (unpaired) electrons. The fourth-order valence-corrected chi connectivity index (χ4v) is 0.567. The molecule has 9 heavy (non-hydrogen) atoms. The van der Waals surface area contributed by atoms with Crippen LogP contribution in [0.15, 0.2) is 30.5 Å². The van der Waals surface area contributed by atoms with Gasteiger partial charge in [-0.05, 0) is 12.8 Å². The van der Waals surface area contributed by atoms with Crippen molar-refractivity contribution in [2.45, 2.75) is 18.9 Å². The van der Waals surface area contributed by atoms with Crippen molar-refractivity contribution in [2.24, 2.45) is 5.18 Å². The van der Waals surface area contributed by atoms with Crippen molar-refractivity contribution in [3.05, 3.63) is 30.2 Å². The lowest BCUT2D eigenvalue weighted by Crippen LogP contribution is -1.98. The second-order valence-electron chi connectivity index (χ2n) is 1.81. The Bertz CT molecular complexity index is 99.5. The minimum Gasteiger partial charge on any atom is -0.150 e. The lowest BCUT2D eigenvalue weighted by molar-refractivity contribution is 0.692. The molecule has 2 heteroatoms. The van der Waals surface area contributed by atoms with Crippen LogP contribution in [0.2, 0.25) is 0 Å². The smallest absolute Gasteiger partial charge is 0.0988 e. The van der Waals surface area contributed by atoms with Gasteiger partial charge in [0, 0.05) is 0 Å². The second kappa shape index (κ2) is 5.22. The normalized spacial score (nSPS) is 9.00. The van der Waals surface area contributed by atoms with E-state index in [1.165, 1.54) is 0 Å². The predicted octanol–water partition coefficient (Wildman–Crippen LogP) is 2.27. The Kier molecular flexibility index (Phi) is 4.69. The van der Waals surface area contributed by atoms with Crippen LogP contribution < -0.4 is 0 Å². The molecule has 0 amide bonds. The van der Waals surface area contributed by atoms with Gasteiger partial charge in [0.05, 0.1) is 6.04 Å². The molecule has 0 saturated heterocycles. The van der Waals surface area contributed by atoms with E-state index < -0.39 is 0 Å². The van der Waals surface area contributed by atoms with Gasteiger partial charge in [-0.15, -0.1) is 13.2 Å². The van der Waals surface area contributed by atoms with Gasteiger partial charge in [0.25, 0.3) is 0 Å². The van der Waals surface area contributed by atoms with Crippen LogP contribution in [0.3, 0.4) is 0 Å². The first-order valence-electron chi connectivity index (χ1n) is 2.89. The summed E-state index contributed by atoms with van der Waals surface area (Å²) in [6.07, 6.45) is 4.68. The Hall–Kier alpha value is -0.920. The van der Waals surface area contributed by atoms with Crippen LogP contribution >= 0.6 is 0 Å². The van der Waals surface area contributed by atoms with E-state index in [-0.39, 0.29) is 6.04 Å². The van der Waals surface area contributed by atoms with E-state index in [0.717, 1.165) is 0 Å². The molecular formula is C7H11NO. The Balaban J connectivity index is 3.51. The Morgan fingerprint density at radius 1 is 1.33 bits per heavy atom. The molecule has 0 spiro atoms. The van der Waals surface area contributed by atoms with Crippen molar-refractivity contribution >= 4 is 0 Å². The molecule has 0 aliphatic carbocycles. The summed E-state index contributed by atoms with van der Waals surface area (Å²) in [5.74, 6) is 0. The molecule has 2 nitrogen and oxygen atoms in total. The molecule has 0 unspecified atom stereocenters. The number of hydrogen-bond acceptors (Lipinski definition) is 2. The van der Waals surface area contributed by atoms with Gasteiger partial charge in [-0.2, -0.15) is 4.91 Å². The number of hydrogen-bond donors (Lipinski definition) is 0. The highest BCUT2D eigenvalue weighted by Gasteiger charge is 2.01. The van der Waals surface area contributed by atoms with Gasteiger partial charge in [-0.3, -0.25) is 0 Å². The highest BCUT2D eigenvalue weighted by Crippen LogP contribution is 2.03. The minimum atomic E-state index is -0.153. The molecule has 0 atom stereocenters. The largest absolute Gasteiger partial charge is 0.150 e. The molecule has 0 aromatic heterocycles. The summed E-state index contributed by atoms with van der Waals surface area (Å²) in [5, 5.41) is 2.88. The fourth-order valence-electron chi connectivity index (χ4n) is 0.567. The number of nitroso groups, excluding NO2 is 1. The highest BCUT2D eigenvalue weighted by molar-refractivity contribution is 4.83. The van der Waals surface area contributed by atoms with Crippen LogP contribution in [0.1, 0.15) is 12.8 Å². The van der Waals surface area contributed by atoms with Crippen molar-refractivity contribution in [2.75, 3.05) is 0 Å². The SMILES string of the molecule is C=CCC(CC=C)N=O. The van der Waals surface area contributed by atoms with Gasteiger partial charge in [-0.25, -0.2) is 0 Å². The number of rotatable bonds is 5. The maximum absolute atomic E-state index is 9.94. The lowest BCUT2D eigenvalue weighted by atomic mass is 10.1. The summed E-state index contributed by atoms with van der Waals surface area (Å²) >= 11 is 0. The molecule has 0 aromatic rings. The average molecular weight is 125 g/mol. The first kappa shape index (κ1) is 8.08. The minimum absolute atomic E-state index is 0.153. The molecule has 0 aliphatic rings. The van der Waals surface area contributed by atoms with Crippen molar-refractivity contribution in [3.63, 3.8) is 0 Å². The third-order valence-electron chi connectivity index (χ3n) is 1.03. The molecule has 0 bridgehead atoms. The van der Waals surface area contributed by atoms with E-state index in [1.54, 1.807) is 12.2 Å². The summed E-state index contributed by atoms with van der Waals surface area (Å²) in [7, 11) is 0. The van der Waals surface area contributed by atoms with E-state index in [2.05, 4.69) is 18.3 Å². The van der Waals surface area contributed by atoms with Crippen molar-refractivity contribution in [1.29, 1.82) is 0 Å². The Morgan fingerprint density at radius 2 is 1.78 bits per heavy atom. The summed E-state index contributed by atoms with van der Waals surface area (Å²) in [4.78, 5) is 9.94. The summed E-state index contributed by atoms with van der Waals surface area (Å²) in [6.45, 7) is 7.00. The second-order valence-corrected chi connectivity index (χ2v) is 1.81. The molecule has 0 fully saturated rings.